The van der Waals surface area contributed by atoms with Crippen molar-refractivity contribution < 1.29 is 18.3 Å². The quantitative estimate of drug-likeness (QED) is 0.203. The molecule has 12 heteroatoms. The molecule has 0 bridgehead atoms. The van der Waals surface area contributed by atoms with Crippen LogP contribution >= 0.6 is 0 Å². The van der Waals surface area contributed by atoms with E-state index in [4.69, 9.17) is 4.74 Å². The van der Waals surface area contributed by atoms with Gasteiger partial charge in [-0.3, -0.25) is 14.2 Å². The Labute approximate surface area is 257 Å². The lowest BCUT2D eigenvalue weighted by Gasteiger charge is -2.31. The Bertz CT molecular complexity index is 1740. The Morgan fingerprint density at radius 2 is 1.84 bits per heavy atom. The van der Waals surface area contributed by atoms with Crippen LogP contribution in [0, 0.1) is 0 Å². The average Bonchev–Trinajstić information content (AvgIpc) is 3.40. The van der Waals surface area contributed by atoms with Crippen molar-refractivity contribution >= 4 is 41.7 Å². The van der Waals surface area contributed by atoms with E-state index < -0.39 is 14.5 Å². The normalized spacial score (nSPS) is 16.2. The van der Waals surface area contributed by atoms with Gasteiger partial charge in [0.1, 0.15) is 17.8 Å². The molecule has 4 aromatic rings. The monoisotopic (exact) mass is 624 g/mol. The molecule has 9 nitrogen and oxygen atoms in total. The van der Waals surface area contributed by atoms with E-state index in [1.54, 1.807) is 24.9 Å². The highest BCUT2D eigenvalue weighted by atomic mass is 28.3. The highest BCUT2D eigenvalue weighted by molar-refractivity contribution is 6.77. The van der Waals surface area contributed by atoms with Gasteiger partial charge in [-0.15, -0.1) is 0 Å². The van der Waals surface area contributed by atoms with Gasteiger partial charge in [-0.1, -0.05) is 19.6 Å². The molecule has 1 saturated heterocycles. The summed E-state index contributed by atoms with van der Waals surface area (Å²) in [7, 11) is -0.117. The molecule has 2 N–H and O–H groups in total. The Morgan fingerprint density at radius 1 is 1.14 bits per heavy atom. The van der Waals surface area contributed by atoms with Crippen molar-refractivity contribution in [2.75, 3.05) is 25.0 Å². The van der Waals surface area contributed by atoms with E-state index in [-0.39, 0.29) is 34.7 Å². The number of ether oxygens (including phenoxy) is 1. The van der Waals surface area contributed by atoms with E-state index in [1.807, 2.05) is 32.0 Å². The molecule has 1 fully saturated rings. The standard InChI is InChI=1S/C32H42F2N6O3Si/c1-8-43-32(44(5,6)7)27-16-23-24(28(33)34)13-21(14-26(23)38-27)18(2)37-29-25-15-22(20-9-11-40(12-10-20)19(3)41)31(42)39(4)30(25)36-17-35-29/h13-18,20,28,32,38H,8-12H2,1-7H3,(H,35,36,37)/t18-,32?/m1/s1. The van der Waals surface area contributed by atoms with E-state index in [9.17, 15) is 18.4 Å². The summed E-state index contributed by atoms with van der Waals surface area (Å²) >= 11 is 0. The molecule has 5 rings (SSSR count). The fourth-order valence-electron chi connectivity index (χ4n) is 6.35. The molecule has 1 unspecified atom stereocenters. The van der Waals surface area contributed by atoms with Gasteiger partial charge in [0.25, 0.3) is 12.0 Å². The number of H-pyrrole nitrogens is 1. The second-order valence-electron chi connectivity index (χ2n) is 12.9. The number of hydrogen-bond donors (Lipinski definition) is 2. The highest BCUT2D eigenvalue weighted by Gasteiger charge is 2.31. The second kappa shape index (κ2) is 12.4. The third-order valence-corrected chi connectivity index (χ3v) is 10.8. The van der Waals surface area contributed by atoms with Crippen molar-refractivity contribution in [2.45, 2.75) is 77.4 Å². The van der Waals surface area contributed by atoms with Crippen molar-refractivity contribution in [1.82, 2.24) is 24.4 Å². The molecule has 44 heavy (non-hydrogen) atoms. The first-order valence-corrected chi connectivity index (χ1v) is 18.8. The molecular weight excluding hydrogens is 582 g/mol. The SMILES string of the molecule is CCOC(c1cc2c(C(F)F)cc([C@@H](C)Nc3ncnc4c3cc(C3CCN(C(C)=O)CC3)c(=O)n4C)cc2[nH]1)[Si](C)(C)C. The first kappa shape index (κ1) is 31.8. The average molecular weight is 625 g/mol. The number of piperidine rings is 1. The minimum absolute atomic E-state index is 0.00827. The molecule has 1 amide bonds. The van der Waals surface area contributed by atoms with E-state index in [0.29, 0.717) is 71.4 Å². The van der Waals surface area contributed by atoms with E-state index in [2.05, 4.69) is 39.9 Å². The predicted octanol–water partition coefficient (Wildman–Crippen LogP) is 6.60. The maximum Gasteiger partial charge on any atom is 0.264 e. The number of carbonyl (C=O) groups excluding carboxylic acids is 1. The van der Waals surface area contributed by atoms with E-state index in [1.165, 1.54) is 10.9 Å². The third-order valence-electron chi connectivity index (χ3n) is 8.72. The lowest BCUT2D eigenvalue weighted by atomic mass is 9.89. The molecule has 0 saturated carbocycles. The maximum absolute atomic E-state index is 14.4. The summed E-state index contributed by atoms with van der Waals surface area (Å²) in [6, 6.07) is 6.75. The summed E-state index contributed by atoms with van der Waals surface area (Å²) in [5, 5.41) is 4.58. The number of pyridine rings is 1. The van der Waals surface area contributed by atoms with Crippen LogP contribution in [0.4, 0.5) is 14.6 Å². The van der Waals surface area contributed by atoms with Gasteiger partial charge >= 0.3 is 0 Å². The number of aryl methyl sites for hydroxylation is 1. The Kier molecular flexibility index (Phi) is 8.95. The number of likely N-dealkylation sites (tertiary alicyclic amines) is 1. The number of aromatic amines is 1. The van der Waals surface area contributed by atoms with Crippen LogP contribution in [-0.2, 0) is 16.6 Å². The Morgan fingerprint density at radius 3 is 2.45 bits per heavy atom. The summed E-state index contributed by atoms with van der Waals surface area (Å²) in [6.45, 7) is 13.8. The first-order chi connectivity index (χ1) is 20.8. The zero-order valence-corrected chi connectivity index (χ0v) is 27.5. The summed E-state index contributed by atoms with van der Waals surface area (Å²) in [5.41, 5.74) is 2.99. The van der Waals surface area contributed by atoms with Crippen LogP contribution < -0.4 is 10.9 Å². The molecule has 1 aromatic carbocycles. The molecule has 0 spiro atoms. The molecule has 4 heterocycles. The van der Waals surface area contributed by atoms with Gasteiger partial charge in [-0.25, -0.2) is 18.7 Å². The highest BCUT2D eigenvalue weighted by Crippen LogP contribution is 2.37. The zero-order chi connectivity index (χ0) is 31.9. The number of hydrogen-bond acceptors (Lipinski definition) is 6. The molecule has 236 valence electrons. The number of alkyl halides is 2. The Balaban J connectivity index is 1.51. The van der Waals surface area contributed by atoms with E-state index >= 15 is 0 Å². The van der Waals surface area contributed by atoms with Crippen LogP contribution in [0.25, 0.3) is 21.9 Å². The number of aromatic nitrogens is 4. The van der Waals surface area contributed by atoms with Gasteiger partial charge < -0.3 is 19.9 Å². The van der Waals surface area contributed by atoms with Crippen LogP contribution in [0.3, 0.4) is 0 Å². The number of halogens is 2. The first-order valence-electron chi connectivity index (χ1n) is 15.2. The fraction of sp³-hybridized carbons (Fsp3) is 0.500. The number of fused-ring (bicyclic) bond motifs is 2. The van der Waals surface area contributed by atoms with Crippen molar-refractivity contribution in [3.05, 3.63) is 63.3 Å². The molecule has 3 aromatic heterocycles. The van der Waals surface area contributed by atoms with Gasteiger partial charge in [0, 0.05) is 61.4 Å². The maximum atomic E-state index is 14.4. The molecule has 1 aliphatic heterocycles. The number of benzene rings is 1. The van der Waals surface area contributed by atoms with Crippen molar-refractivity contribution in [3.63, 3.8) is 0 Å². The van der Waals surface area contributed by atoms with Crippen LogP contribution in [0.5, 0.6) is 0 Å². The number of nitrogens with zero attached hydrogens (tertiary/aromatic N) is 4. The van der Waals surface area contributed by atoms with Gasteiger partial charge in [0.15, 0.2) is 0 Å². The van der Waals surface area contributed by atoms with Crippen molar-refractivity contribution in [3.8, 4) is 0 Å². The third kappa shape index (κ3) is 6.14. The lowest BCUT2D eigenvalue weighted by molar-refractivity contribution is -0.129. The summed E-state index contributed by atoms with van der Waals surface area (Å²) < 4.78 is 36.4. The number of rotatable bonds is 9. The molecule has 2 atom stereocenters. The molecule has 1 aliphatic rings. The predicted molar refractivity (Wildman–Crippen MR) is 172 cm³/mol. The minimum atomic E-state index is -2.66. The van der Waals surface area contributed by atoms with Crippen LogP contribution in [-0.4, -0.2) is 58.1 Å². The zero-order valence-electron chi connectivity index (χ0n) is 26.5. The molecule has 0 aliphatic carbocycles. The van der Waals surface area contributed by atoms with Crippen molar-refractivity contribution in [1.29, 1.82) is 0 Å². The second-order valence-corrected chi connectivity index (χ2v) is 18.1. The largest absolute Gasteiger partial charge is 0.376 e. The van der Waals surface area contributed by atoms with E-state index in [0.717, 1.165) is 5.69 Å². The summed E-state index contributed by atoms with van der Waals surface area (Å²) in [6.07, 6.45) is 0.140. The fourth-order valence-corrected chi connectivity index (χ4v) is 8.11. The molecular formula is C32H42F2N6O3Si. The van der Waals surface area contributed by atoms with Crippen LogP contribution in [0.2, 0.25) is 19.6 Å². The number of amides is 1. The van der Waals surface area contributed by atoms with Crippen molar-refractivity contribution in [2.24, 2.45) is 7.05 Å². The van der Waals surface area contributed by atoms with Gasteiger partial charge in [-0.2, -0.15) is 0 Å². The smallest absolute Gasteiger partial charge is 0.264 e. The molecule has 0 radical (unpaired) electrons. The lowest BCUT2D eigenvalue weighted by Crippen LogP contribution is -2.38. The summed E-state index contributed by atoms with van der Waals surface area (Å²) in [4.78, 5) is 39.3. The van der Waals surface area contributed by atoms with Gasteiger partial charge in [0.2, 0.25) is 5.91 Å². The van der Waals surface area contributed by atoms with Crippen LogP contribution in [0.15, 0.2) is 35.4 Å². The number of carbonyl (C=O) groups is 1. The Hall–Kier alpha value is -3.64. The number of anilines is 1. The number of nitrogens with one attached hydrogen (secondary N) is 2. The minimum Gasteiger partial charge on any atom is -0.376 e. The summed E-state index contributed by atoms with van der Waals surface area (Å²) in [5.74, 6) is 0.563. The van der Waals surface area contributed by atoms with Crippen LogP contribution in [0.1, 0.15) is 80.1 Å². The van der Waals surface area contributed by atoms with Gasteiger partial charge in [0.05, 0.1) is 25.2 Å². The van der Waals surface area contributed by atoms with Gasteiger partial charge in [-0.05, 0) is 62.4 Å². The topological polar surface area (TPSA) is 105 Å².